The van der Waals surface area contributed by atoms with Crippen LogP contribution in [-0.4, -0.2) is 15.7 Å². The van der Waals surface area contributed by atoms with Crippen LogP contribution in [0.3, 0.4) is 0 Å². The summed E-state index contributed by atoms with van der Waals surface area (Å²) in [6.07, 6.45) is 3.47. The zero-order valence-electron chi connectivity index (χ0n) is 12.1. The van der Waals surface area contributed by atoms with Gasteiger partial charge in [-0.05, 0) is 37.3 Å². The monoisotopic (exact) mass is 362 g/mol. The normalized spacial score (nSPS) is 11.5. The molecular weight excluding hydrogens is 351 g/mol. The van der Waals surface area contributed by atoms with Gasteiger partial charge in [0.1, 0.15) is 0 Å². The molecule has 0 aliphatic rings. The number of rotatable bonds is 4. The molecule has 0 saturated heterocycles. The zero-order chi connectivity index (χ0) is 16.2. The van der Waals surface area contributed by atoms with Gasteiger partial charge in [0.25, 0.3) is 0 Å². The average Bonchev–Trinajstić information content (AvgIpc) is 3.02. The highest BCUT2D eigenvalue weighted by Crippen LogP contribution is 2.32. The number of halogens is 2. The molecule has 2 aromatic heterocycles. The van der Waals surface area contributed by atoms with Crippen molar-refractivity contribution in [3.63, 3.8) is 0 Å². The Bertz CT molecular complexity index is 846. The Labute approximate surface area is 147 Å². The van der Waals surface area contributed by atoms with Crippen molar-refractivity contribution >= 4 is 45.4 Å². The van der Waals surface area contributed by atoms with Crippen molar-refractivity contribution in [1.29, 1.82) is 0 Å². The molecule has 0 atom stereocenters. The van der Waals surface area contributed by atoms with E-state index in [2.05, 4.69) is 20.5 Å². The standard InChI is InChI=1S/C16H12Cl2N4S/c1-10(11-4-6-19-7-5-11)21-22-16-20-15(9-23-16)13-3-2-12(17)8-14(13)18/h2-9H,1H3,(H,20,22)/b21-10-. The van der Waals surface area contributed by atoms with Gasteiger partial charge in [-0.15, -0.1) is 11.3 Å². The van der Waals surface area contributed by atoms with Crippen LogP contribution in [0.25, 0.3) is 11.3 Å². The van der Waals surface area contributed by atoms with E-state index in [1.54, 1.807) is 24.5 Å². The van der Waals surface area contributed by atoms with Crippen molar-refractivity contribution < 1.29 is 0 Å². The molecule has 23 heavy (non-hydrogen) atoms. The topological polar surface area (TPSA) is 50.2 Å². The molecule has 0 saturated carbocycles. The summed E-state index contributed by atoms with van der Waals surface area (Å²) in [6, 6.07) is 9.16. The number of pyridine rings is 1. The molecule has 116 valence electrons. The average molecular weight is 363 g/mol. The number of hydrogen-bond donors (Lipinski definition) is 1. The lowest BCUT2D eigenvalue weighted by molar-refractivity contribution is 1.26. The fraction of sp³-hybridized carbons (Fsp3) is 0.0625. The minimum absolute atomic E-state index is 0.575. The Morgan fingerprint density at radius 3 is 2.70 bits per heavy atom. The van der Waals surface area contributed by atoms with E-state index in [1.807, 2.05) is 30.5 Å². The van der Waals surface area contributed by atoms with Crippen LogP contribution in [0.1, 0.15) is 12.5 Å². The molecule has 7 heteroatoms. The first-order chi connectivity index (χ1) is 11.1. The van der Waals surface area contributed by atoms with Crippen LogP contribution in [0.5, 0.6) is 0 Å². The molecule has 0 unspecified atom stereocenters. The van der Waals surface area contributed by atoms with Gasteiger partial charge in [-0.2, -0.15) is 5.10 Å². The maximum Gasteiger partial charge on any atom is 0.203 e. The van der Waals surface area contributed by atoms with E-state index in [1.165, 1.54) is 11.3 Å². The number of hydrazone groups is 1. The van der Waals surface area contributed by atoms with Crippen molar-refractivity contribution in [1.82, 2.24) is 9.97 Å². The number of aromatic nitrogens is 2. The van der Waals surface area contributed by atoms with Gasteiger partial charge in [-0.3, -0.25) is 10.4 Å². The molecule has 0 aliphatic carbocycles. The van der Waals surface area contributed by atoms with Crippen molar-refractivity contribution in [3.05, 3.63) is 63.7 Å². The maximum absolute atomic E-state index is 6.21. The minimum Gasteiger partial charge on any atom is -0.265 e. The number of anilines is 1. The molecule has 1 aromatic carbocycles. The van der Waals surface area contributed by atoms with Gasteiger partial charge in [0.2, 0.25) is 5.13 Å². The number of benzene rings is 1. The molecule has 2 heterocycles. The highest BCUT2D eigenvalue weighted by atomic mass is 35.5. The van der Waals surface area contributed by atoms with E-state index >= 15 is 0 Å². The van der Waals surface area contributed by atoms with Crippen molar-refractivity contribution in [2.45, 2.75) is 6.92 Å². The summed E-state index contributed by atoms with van der Waals surface area (Å²) in [5, 5.41) is 8.14. The predicted molar refractivity (Wildman–Crippen MR) is 97.6 cm³/mol. The third-order valence-electron chi connectivity index (χ3n) is 3.13. The summed E-state index contributed by atoms with van der Waals surface area (Å²) in [5.74, 6) is 0. The van der Waals surface area contributed by atoms with Crippen molar-refractivity contribution in [2.24, 2.45) is 5.10 Å². The number of nitrogens with zero attached hydrogens (tertiary/aromatic N) is 3. The van der Waals surface area contributed by atoms with Gasteiger partial charge >= 0.3 is 0 Å². The van der Waals surface area contributed by atoms with Crippen LogP contribution >= 0.6 is 34.5 Å². The zero-order valence-corrected chi connectivity index (χ0v) is 14.5. The first-order valence-electron chi connectivity index (χ1n) is 6.75. The van der Waals surface area contributed by atoms with Gasteiger partial charge in [-0.1, -0.05) is 23.2 Å². The molecule has 0 aliphatic heterocycles. The van der Waals surface area contributed by atoms with Gasteiger partial charge in [0.05, 0.1) is 16.4 Å². The Hall–Kier alpha value is -1.95. The third-order valence-corrected chi connectivity index (χ3v) is 4.42. The van der Waals surface area contributed by atoms with Gasteiger partial charge in [0, 0.05) is 33.9 Å². The molecule has 0 radical (unpaired) electrons. The molecule has 3 aromatic rings. The van der Waals surface area contributed by atoms with Crippen molar-refractivity contribution in [3.8, 4) is 11.3 Å². The summed E-state index contributed by atoms with van der Waals surface area (Å²) < 4.78 is 0. The molecule has 0 amide bonds. The summed E-state index contributed by atoms with van der Waals surface area (Å²) in [4.78, 5) is 8.49. The van der Waals surface area contributed by atoms with E-state index in [-0.39, 0.29) is 0 Å². The predicted octanol–water partition coefficient (Wildman–Crippen LogP) is 5.35. The summed E-state index contributed by atoms with van der Waals surface area (Å²) >= 11 is 13.6. The Morgan fingerprint density at radius 1 is 1.17 bits per heavy atom. The van der Waals surface area contributed by atoms with Crippen LogP contribution < -0.4 is 5.43 Å². The van der Waals surface area contributed by atoms with Crippen molar-refractivity contribution in [2.75, 3.05) is 5.43 Å². The van der Waals surface area contributed by atoms with Crippen LogP contribution in [0.4, 0.5) is 5.13 Å². The smallest absolute Gasteiger partial charge is 0.203 e. The first kappa shape index (κ1) is 15.9. The highest BCUT2D eigenvalue weighted by Gasteiger charge is 2.08. The quantitative estimate of drug-likeness (QED) is 0.502. The summed E-state index contributed by atoms with van der Waals surface area (Å²) in [6.45, 7) is 1.92. The summed E-state index contributed by atoms with van der Waals surface area (Å²) in [5.41, 5.74) is 6.46. The van der Waals surface area contributed by atoms with Gasteiger partial charge < -0.3 is 0 Å². The first-order valence-corrected chi connectivity index (χ1v) is 8.38. The molecule has 0 spiro atoms. The van der Waals surface area contributed by atoms with E-state index in [0.717, 1.165) is 22.5 Å². The van der Waals surface area contributed by atoms with E-state index < -0.39 is 0 Å². The highest BCUT2D eigenvalue weighted by molar-refractivity contribution is 7.14. The lowest BCUT2D eigenvalue weighted by atomic mass is 10.2. The Balaban J connectivity index is 1.77. The second kappa shape index (κ2) is 7.08. The lowest BCUT2D eigenvalue weighted by Crippen LogP contribution is -1.99. The number of hydrogen-bond acceptors (Lipinski definition) is 5. The second-order valence-corrected chi connectivity index (χ2v) is 6.41. The van der Waals surface area contributed by atoms with Crippen LogP contribution in [-0.2, 0) is 0 Å². The number of thiazole rings is 1. The fourth-order valence-corrected chi connectivity index (χ4v) is 3.09. The maximum atomic E-state index is 6.21. The van der Waals surface area contributed by atoms with E-state index in [4.69, 9.17) is 23.2 Å². The van der Waals surface area contributed by atoms with Crippen LogP contribution in [0.2, 0.25) is 10.0 Å². The Morgan fingerprint density at radius 2 is 1.96 bits per heavy atom. The second-order valence-electron chi connectivity index (χ2n) is 4.71. The fourth-order valence-electron chi connectivity index (χ4n) is 1.94. The largest absolute Gasteiger partial charge is 0.265 e. The Kier molecular flexibility index (Phi) is 4.91. The van der Waals surface area contributed by atoms with E-state index in [9.17, 15) is 0 Å². The molecule has 1 N–H and O–H groups in total. The third kappa shape index (κ3) is 3.88. The minimum atomic E-state index is 0.575. The van der Waals surface area contributed by atoms with Gasteiger partial charge in [0.15, 0.2) is 0 Å². The molecule has 0 bridgehead atoms. The molecule has 3 rings (SSSR count). The van der Waals surface area contributed by atoms with E-state index in [0.29, 0.717) is 15.2 Å². The molecule has 0 fully saturated rings. The number of nitrogens with one attached hydrogen (secondary N) is 1. The van der Waals surface area contributed by atoms with Crippen LogP contribution in [0, 0.1) is 0 Å². The van der Waals surface area contributed by atoms with Crippen LogP contribution in [0.15, 0.2) is 53.2 Å². The van der Waals surface area contributed by atoms with Gasteiger partial charge in [-0.25, -0.2) is 4.98 Å². The molecular formula is C16H12Cl2N4S. The summed E-state index contributed by atoms with van der Waals surface area (Å²) in [7, 11) is 0. The molecule has 4 nitrogen and oxygen atoms in total. The lowest BCUT2D eigenvalue weighted by Gasteiger charge is -2.01. The SMILES string of the molecule is C/C(=N/Nc1nc(-c2ccc(Cl)cc2Cl)cs1)c1ccncc1.